The van der Waals surface area contributed by atoms with Crippen molar-refractivity contribution >= 4 is 21.8 Å². The van der Waals surface area contributed by atoms with E-state index in [1.165, 1.54) is 49.6 Å². The number of nitrogens with zero attached hydrogens (tertiary/aromatic N) is 2. The lowest BCUT2D eigenvalue weighted by molar-refractivity contribution is 0.664. The van der Waals surface area contributed by atoms with E-state index in [1.54, 1.807) is 0 Å². The summed E-state index contributed by atoms with van der Waals surface area (Å²) in [6, 6.07) is 56.8. The summed E-state index contributed by atoms with van der Waals surface area (Å²) in [5, 5.41) is 2.58. The summed E-state index contributed by atoms with van der Waals surface area (Å²) in [5.41, 5.74) is 15.5. The lowest BCUT2D eigenvalue weighted by Crippen LogP contribution is -2.16. The Morgan fingerprint density at radius 1 is 0.478 bits per heavy atom. The molecule has 0 aliphatic heterocycles. The van der Waals surface area contributed by atoms with Gasteiger partial charge in [-0.25, -0.2) is 4.98 Å². The molecule has 0 spiro atoms. The maximum absolute atomic E-state index is 5.09. The van der Waals surface area contributed by atoms with Gasteiger partial charge in [0.2, 0.25) is 0 Å². The summed E-state index contributed by atoms with van der Waals surface area (Å²) < 4.78 is 2.48. The van der Waals surface area contributed by atoms with Gasteiger partial charge in [0.25, 0.3) is 0 Å². The van der Waals surface area contributed by atoms with Crippen molar-refractivity contribution in [3.8, 4) is 50.5 Å². The van der Waals surface area contributed by atoms with E-state index in [1.807, 2.05) is 12.1 Å². The Morgan fingerprint density at radius 3 is 1.78 bits per heavy atom. The number of hydrogen-bond acceptors (Lipinski definition) is 1. The van der Waals surface area contributed by atoms with Crippen molar-refractivity contribution < 1.29 is 0 Å². The van der Waals surface area contributed by atoms with Gasteiger partial charge in [-0.15, -0.1) is 0 Å². The first kappa shape index (κ1) is 26.7. The molecule has 0 atom stereocenters. The van der Waals surface area contributed by atoms with Crippen LogP contribution in [-0.2, 0) is 5.41 Å². The molecule has 2 heteroatoms. The summed E-state index contributed by atoms with van der Waals surface area (Å²) in [7, 11) is 0. The maximum Gasteiger partial charge on any atom is 0.0715 e. The van der Waals surface area contributed by atoms with Crippen molar-refractivity contribution in [2.75, 3.05) is 0 Å². The van der Waals surface area contributed by atoms with Gasteiger partial charge in [-0.1, -0.05) is 141 Å². The second kappa shape index (κ2) is 10.2. The SMILES string of the molecule is CC1(C)c2ccccc2-c2ccc3c4ccccc4n(-c4ccc(-c5cc(-c6ccccc6)nc(-c6ccccc6)c5)cc4)c3c21. The molecule has 9 rings (SSSR count). The van der Waals surface area contributed by atoms with E-state index in [4.69, 9.17) is 4.98 Å². The number of rotatable bonds is 4. The van der Waals surface area contributed by atoms with E-state index in [2.05, 4.69) is 164 Å². The van der Waals surface area contributed by atoms with Gasteiger partial charge in [0, 0.05) is 33.0 Å². The Kier molecular flexibility index (Phi) is 5.88. The van der Waals surface area contributed by atoms with Crippen molar-refractivity contribution in [1.29, 1.82) is 0 Å². The molecule has 0 fully saturated rings. The lowest BCUT2D eigenvalue weighted by atomic mass is 9.81. The third-order valence-electron chi connectivity index (χ3n) is 9.78. The number of hydrogen-bond donors (Lipinski definition) is 0. The Morgan fingerprint density at radius 2 is 1.09 bits per heavy atom. The summed E-state index contributed by atoms with van der Waals surface area (Å²) in [6.07, 6.45) is 0. The first-order valence-electron chi connectivity index (χ1n) is 16.0. The summed E-state index contributed by atoms with van der Waals surface area (Å²) >= 11 is 0. The molecule has 1 aliphatic rings. The molecule has 8 aromatic rings. The van der Waals surface area contributed by atoms with Crippen LogP contribution >= 0.6 is 0 Å². The van der Waals surface area contributed by atoms with Crippen LogP contribution < -0.4 is 0 Å². The summed E-state index contributed by atoms with van der Waals surface area (Å²) in [4.78, 5) is 5.09. The fraction of sp³-hybridized carbons (Fsp3) is 0.0682. The highest BCUT2D eigenvalue weighted by Crippen LogP contribution is 2.52. The van der Waals surface area contributed by atoms with Gasteiger partial charge in [-0.2, -0.15) is 0 Å². The Hall–Kier alpha value is -5.73. The molecule has 0 saturated carbocycles. The lowest BCUT2D eigenvalue weighted by Gasteiger charge is -2.23. The van der Waals surface area contributed by atoms with E-state index in [9.17, 15) is 0 Å². The zero-order chi connectivity index (χ0) is 30.8. The van der Waals surface area contributed by atoms with Crippen molar-refractivity contribution in [3.05, 3.63) is 169 Å². The van der Waals surface area contributed by atoms with Gasteiger partial charge >= 0.3 is 0 Å². The fourth-order valence-corrected chi connectivity index (χ4v) is 7.59. The monoisotopic (exact) mass is 588 g/mol. The minimum absolute atomic E-state index is 0.115. The van der Waals surface area contributed by atoms with Crippen LogP contribution in [0.1, 0.15) is 25.0 Å². The first-order valence-corrected chi connectivity index (χ1v) is 16.0. The molecule has 0 saturated heterocycles. The zero-order valence-corrected chi connectivity index (χ0v) is 25.9. The topological polar surface area (TPSA) is 17.8 Å². The molecule has 46 heavy (non-hydrogen) atoms. The molecular formula is C44H32N2. The molecule has 0 N–H and O–H groups in total. The Balaban J connectivity index is 1.23. The predicted octanol–water partition coefficient (Wildman–Crippen LogP) is 11.5. The van der Waals surface area contributed by atoms with Gasteiger partial charge in [-0.05, 0) is 63.7 Å². The van der Waals surface area contributed by atoms with E-state index < -0.39 is 0 Å². The summed E-state index contributed by atoms with van der Waals surface area (Å²) in [6.45, 7) is 4.75. The van der Waals surface area contributed by atoms with Crippen LogP contribution in [0.5, 0.6) is 0 Å². The van der Waals surface area contributed by atoms with E-state index in [-0.39, 0.29) is 5.41 Å². The van der Waals surface area contributed by atoms with E-state index >= 15 is 0 Å². The molecule has 218 valence electrons. The van der Waals surface area contributed by atoms with Crippen molar-refractivity contribution in [2.45, 2.75) is 19.3 Å². The average molecular weight is 589 g/mol. The molecule has 0 amide bonds. The molecular weight excluding hydrogens is 556 g/mol. The number of aromatic nitrogens is 2. The van der Waals surface area contributed by atoms with Crippen LogP contribution in [0.25, 0.3) is 72.3 Å². The van der Waals surface area contributed by atoms with Gasteiger partial charge in [0.1, 0.15) is 0 Å². The van der Waals surface area contributed by atoms with Crippen molar-refractivity contribution in [2.24, 2.45) is 0 Å². The van der Waals surface area contributed by atoms with Crippen LogP contribution in [0.3, 0.4) is 0 Å². The molecule has 2 aromatic heterocycles. The fourth-order valence-electron chi connectivity index (χ4n) is 7.59. The van der Waals surface area contributed by atoms with Crippen molar-refractivity contribution in [1.82, 2.24) is 9.55 Å². The number of benzene rings is 6. The number of fused-ring (bicyclic) bond motifs is 7. The first-order chi connectivity index (χ1) is 22.6. The highest BCUT2D eigenvalue weighted by atomic mass is 15.0. The van der Waals surface area contributed by atoms with Gasteiger partial charge in [0.15, 0.2) is 0 Å². The van der Waals surface area contributed by atoms with Crippen LogP contribution in [0.15, 0.2) is 158 Å². The predicted molar refractivity (Wildman–Crippen MR) is 192 cm³/mol. The maximum atomic E-state index is 5.09. The van der Waals surface area contributed by atoms with Crippen LogP contribution in [0.2, 0.25) is 0 Å². The van der Waals surface area contributed by atoms with Crippen LogP contribution in [-0.4, -0.2) is 9.55 Å². The third-order valence-corrected chi connectivity index (χ3v) is 9.78. The average Bonchev–Trinajstić information content (AvgIpc) is 3.57. The van der Waals surface area contributed by atoms with E-state index in [0.29, 0.717) is 0 Å². The summed E-state index contributed by atoms with van der Waals surface area (Å²) in [5.74, 6) is 0. The smallest absolute Gasteiger partial charge is 0.0715 e. The second-order valence-electron chi connectivity index (χ2n) is 12.8. The minimum Gasteiger partial charge on any atom is -0.309 e. The highest BCUT2D eigenvalue weighted by Gasteiger charge is 2.38. The molecule has 6 aromatic carbocycles. The van der Waals surface area contributed by atoms with E-state index in [0.717, 1.165) is 33.8 Å². The molecule has 0 radical (unpaired) electrons. The Bertz CT molecular complexity index is 2360. The Labute approximate surface area is 269 Å². The molecule has 0 bridgehead atoms. The van der Waals surface area contributed by atoms with Crippen LogP contribution in [0.4, 0.5) is 0 Å². The largest absolute Gasteiger partial charge is 0.309 e. The quantitative estimate of drug-likeness (QED) is 0.200. The van der Waals surface area contributed by atoms with Crippen molar-refractivity contribution in [3.63, 3.8) is 0 Å². The minimum atomic E-state index is -0.115. The standard InChI is InChI=1S/C44H32N2/c1-44(2)38-19-11-9-17-34(38)36-25-26-37-35-18-10-12-20-41(35)46(43(37)42(36)44)33-23-21-29(22-24-33)32-27-39(30-13-5-3-6-14-30)45-40(28-32)31-15-7-4-8-16-31/h3-28H,1-2H3. The van der Waals surface area contributed by atoms with Crippen LogP contribution in [0, 0.1) is 0 Å². The number of pyridine rings is 1. The third kappa shape index (κ3) is 4.00. The van der Waals surface area contributed by atoms with Gasteiger partial charge in [-0.3, -0.25) is 0 Å². The zero-order valence-electron chi connectivity index (χ0n) is 25.9. The second-order valence-corrected chi connectivity index (χ2v) is 12.8. The highest BCUT2D eigenvalue weighted by molar-refractivity contribution is 6.13. The molecule has 2 nitrogen and oxygen atoms in total. The normalized spacial score (nSPS) is 13.2. The number of para-hydroxylation sites is 1. The molecule has 0 unspecified atom stereocenters. The molecule has 1 aliphatic carbocycles. The van der Waals surface area contributed by atoms with Gasteiger partial charge < -0.3 is 4.57 Å². The molecule has 2 heterocycles. The van der Waals surface area contributed by atoms with Gasteiger partial charge in [0.05, 0.1) is 22.4 Å².